The molecule has 1 rings (SSSR count). The Morgan fingerprint density at radius 3 is 1.60 bits per heavy atom. The molecule has 10 heavy (non-hydrogen) atoms. The maximum absolute atomic E-state index is 5.82. The van der Waals surface area contributed by atoms with Gasteiger partial charge in [-0.05, 0) is 12.8 Å². The van der Waals surface area contributed by atoms with Crippen molar-refractivity contribution in [3.63, 3.8) is 0 Å². The van der Waals surface area contributed by atoms with Crippen LogP contribution in [0.2, 0.25) is 0 Å². The molecule has 0 radical (unpaired) electrons. The SMILES string of the molecule is NC1(N)CCCCCCC1. The van der Waals surface area contributed by atoms with E-state index in [4.69, 9.17) is 11.5 Å². The summed E-state index contributed by atoms with van der Waals surface area (Å²) in [6.45, 7) is 0. The minimum Gasteiger partial charge on any atom is -0.313 e. The Morgan fingerprint density at radius 2 is 1.10 bits per heavy atom. The molecule has 0 aliphatic heterocycles. The highest BCUT2D eigenvalue weighted by atomic mass is 14.9. The summed E-state index contributed by atoms with van der Waals surface area (Å²) in [7, 11) is 0. The van der Waals surface area contributed by atoms with Gasteiger partial charge in [-0.3, -0.25) is 0 Å². The summed E-state index contributed by atoms with van der Waals surface area (Å²) in [6.07, 6.45) is 8.45. The van der Waals surface area contributed by atoms with Gasteiger partial charge in [-0.25, -0.2) is 0 Å². The molecule has 0 amide bonds. The van der Waals surface area contributed by atoms with E-state index in [9.17, 15) is 0 Å². The van der Waals surface area contributed by atoms with Gasteiger partial charge in [-0.2, -0.15) is 0 Å². The average Bonchev–Trinajstić information content (AvgIpc) is 1.81. The molecule has 4 N–H and O–H groups in total. The molecule has 2 nitrogen and oxygen atoms in total. The van der Waals surface area contributed by atoms with E-state index in [0.29, 0.717) is 0 Å². The van der Waals surface area contributed by atoms with Gasteiger partial charge in [0.25, 0.3) is 0 Å². The first-order chi connectivity index (χ1) is 4.71. The molecule has 1 aliphatic carbocycles. The molecule has 0 aromatic heterocycles. The van der Waals surface area contributed by atoms with Crippen molar-refractivity contribution in [3.8, 4) is 0 Å². The minimum atomic E-state index is -0.347. The molecule has 2 heteroatoms. The van der Waals surface area contributed by atoms with Gasteiger partial charge in [0.1, 0.15) is 0 Å². The first-order valence-electron chi connectivity index (χ1n) is 4.28. The molecule has 0 aromatic carbocycles. The van der Waals surface area contributed by atoms with Crippen LogP contribution in [0.15, 0.2) is 0 Å². The zero-order valence-corrected chi connectivity index (χ0v) is 6.60. The summed E-state index contributed by atoms with van der Waals surface area (Å²) < 4.78 is 0. The predicted octanol–water partition coefficient (Wildman–Crippen LogP) is 1.34. The Bertz CT molecular complexity index is 89.4. The maximum Gasteiger partial charge on any atom is 0.0636 e. The smallest absolute Gasteiger partial charge is 0.0636 e. The van der Waals surface area contributed by atoms with Crippen LogP contribution in [-0.2, 0) is 0 Å². The Morgan fingerprint density at radius 1 is 0.700 bits per heavy atom. The molecular weight excluding hydrogens is 124 g/mol. The molecule has 0 bridgehead atoms. The van der Waals surface area contributed by atoms with Crippen molar-refractivity contribution in [2.24, 2.45) is 11.5 Å². The summed E-state index contributed by atoms with van der Waals surface area (Å²) in [6, 6.07) is 0. The van der Waals surface area contributed by atoms with E-state index >= 15 is 0 Å². The number of hydrogen-bond donors (Lipinski definition) is 2. The third kappa shape index (κ3) is 2.67. The Kier molecular flexibility index (Phi) is 2.69. The second kappa shape index (κ2) is 3.35. The van der Waals surface area contributed by atoms with E-state index in [1.807, 2.05) is 0 Å². The first kappa shape index (κ1) is 8.02. The largest absolute Gasteiger partial charge is 0.313 e. The van der Waals surface area contributed by atoms with Crippen LogP contribution in [0.3, 0.4) is 0 Å². The molecule has 60 valence electrons. The second-order valence-electron chi connectivity index (χ2n) is 3.50. The highest BCUT2D eigenvalue weighted by molar-refractivity contribution is 4.77. The molecule has 1 aliphatic rings. The molecule has 0 heterocycles. The molecular formula is C8H18N2. The molecule has 1 fully saturated rings. The van der Waals surface area contributed by atoms with E-state index in [1.54, 1.807) is 0 Å². The van der Waals surface area contributed by atoms with Crippen molar-refractivity contribution in [1.29, 1.82) is 0 Å². The van der Waals surface area contributed by atoms with Crippen molar-refractivity contribution in [1.82, 2.24) is 0 Å². The normalized spacial score (nSPS) is 27.0. The van der Waals surface area contributed by atoms with Crippen molar-refractivity contribution >= 4 is 0 Å². The van der Waals surface area contributed by atoms with Gasteiger partial charge in [-0.1, -0.05) is 32.1 Å². The van der Waals surface area contributed by atoms with E-state index in [0.717, 1.165) is 12.8 Å². The Hall–Kier alpha value is -0.0800. The average molecular weight is 142 g/mol. The standard InChI is InChI=1S/C8H18N2/c9-8(10)6-4-2-1-3-5-7-8/h1-7,9-10H2. The Labute approximate surface area is 63.0 Å². The first-order valence-corrected chi connectivity index (χ1v) is 4.28. The number of nitrogens with two attached hydrogens (primary N) is 2. The molecule has 0 saturated heterocycles. The summed E-state index contributed by atoms with van der Waals surface area (Å²) in [5.74, 6) is 0. The van der Waals surface area contributed by atoms with Crippen LogP contribution < -0.4 is 11.5 Å². The minimum absolute atomic E-state index is 0.347. The molecule has 0 aromatic rings. The van der Waals surface area contributed by atoms with Crippen LogP contribution >= 0.6 is 0 Å². The lowest BCUT2D eigenvalue weighted by Crippen LogP contribution is -2.49. The second-order valence-corrected chi connectivity index (χ2v) is 3.50. The number of rotatable bonds is 0. The zero-order chi connectivity index (χ0) is 7.45. The van der Waals surface area contributed by atoms with Crippen LogP contribution in [0.4, 0.5) is 0 Å². The van der Waals surface area contributed by atoms with E-state index in [2.05, 4.69) is 0 Å². The molecule has 0 atom stereocenters. The van der Waals surface area contributed by atoms with Gasteiger partial charge in [0.15, 0.2) is 0 Å². The predicted molar refractivity (Wildman–Crippen MR) is 43.4 cm³/mol. The van der Waals surface area contributed by atoms with Gasteiger partial charge in [0, 0.05) is 0 Å². The van der Waals surface area contributed by atoms with Crippen molar-refractivity contribution < 1.29 is 0 Å². The summed E-state index contributed by atoms with van der Waals surface area (Å²) in [5.41, 5.74) is 11.3. The maximum atomic E-state index is 5.82. The van der Waals surface area contributed by atoms with Crippen LogP contribution in [-0.4, -0.2) is 5.66 Å². The van der Waals surface area contributed by atoms with Gasteiger partial charge in [0.2, 0.25) is 0 Å². The monoisotopic (exact) mass is 142 g/mol. The highest BCUT2D eigenvalue weighted by Gasteiger charge is 2.18. The van der Waals surface area contributed by atoms with Gasteiger partial charge >= 0.3 is 0 Å². The Balaban J connectivity index is 2.30. The molecule has 0 unspecified atom stereocenters. The van der Waals surface area contributed by atoms with Gasteiger partial charge in [-0.15, -0.1) is 0 Å². The fourth-order valence-electron chi connectivity index (χ4n) is 1.56. The summed E-state index contributed by atoms with van der Waals surface area (Å²) >= 11 is 0. The van der Waals surface area contributed by atoms with Gasteiger partial charge < -0.3 is 11.5 Å². The van der Waals surface area contributed by atoms with Crippen LogP contribution in [0.1, 0.15) is 44.9 Å². The molecule has 0 spiro atoms. The lowest BCUT2D eigenvalue weighted by atomic mass is 9.93. The fraction of sp³-hybridized carbons (Fsp3) is 1.00. The third-order valence-electron chi connectivity index (χ3n) is 2.28. The third-order valence-corrected chi connectivity index (χ3v) is 2.28. The highest BCUT2D eigenvalue weighted by Crippen LogP contribution is 2.19. The van der Waals surface area contributed by atoms with Crippen molar-refractivity contribution in [2.75, 3.05) is 0 Å². The number of hydrogen-bond acceptors (Lipinski definition) is 2. The van der Waals surface area contributed by atoms with Crippen molar-refractivity contribution in [2.45, 2.75) is 50.6 Å². The quantitative estimate of drug-likeness (QED) is 0.501. The van der Waals surface area contributed by atoms with E-state index in [1.165, 1.54) is 32.1 Å². The lowest BCUT2D eigenvalue weighted by Gasteiger charge is -2.26. The molecule has 1 saturated carbocycles. The van der Waals surface area contributed by atoms with E-state index < -0.39 is 0 Å². The fourth-order valence-corrected chi connectivity index (χ4v) is 1.56. The van der Waals surface area contributed by atoms with Crippen molar-refractivity contribution in [3.05, 3.63) is 0 Å². The zero-order valence-electron chi connectivity index (χ0n) is 6.60. The topological polar surface area (TPSA) is 52.0 Å². The van der Waals surface area contributed by atoms with Crippen LogP contribution in [0, 0.1) is 0 Å². The lowest BCUT2D eigenvalue weighted by molar-refractivity contribution is 0.326. The van der Waals surface area contributed by atoms with Crippen LogP contribution in [0.5, 0.6) is 0 Å². The summed E-state index contributed by atoms with van der Waals surface area (Å²) in [4.78, 5) is 0. The van der Waals surface area contributed by atoms with E-state index in [-0.39, 0.29) is 5.66 Å². The van der Waals surface area contributed by atoms with Crippen LogP contribution in [0.25, 0.3) is 0 Å². The summed E-state index contributed by atoms with van der Waals surface area (Å²) in [5, 5.41) is 0. The van der Waals surface area contributed by atoms with Gasteiger partial charge in [0.05, 0.1) is 5.66 Å².